The van der Waals surface area contributed by atoms with Crippen molar-refractivity contribution in [3.63, 3.8) is 0 Å². The van der Waals surface area contributed by atoms with Crippen LogP contribution in [0.3, 0.4) is 0 Å². The highest BCUT2D eigenvalue weighted by atomic mass is 16.5. The molecule has 0 bridgehead atoms. The molecule has 2 aromatic rings. The molecule has 118 valence electrons. The van der Waals surface area contributed by atoms with Gasteiger partial charge in [0.05, 0.1) is 13.2 Å². The van der Waals surface area contributed by atoms with Crippen molar-refractivity contribution in [3.8, 4) is 36.5 Å². The van der Waals surface area contributed by atoms with Crippen LogP contribution in [0.1, 0.15) is 22.3 Å². The maximum atomic E-state index is 5.41. The lowest BCUT2D eigenvalue weighted by atomic mass is 10.1. The SMILES string of the molecule is C#CCOCc1ccccc1C#Cc1ccccc1COCC#C. The molecule has 24 heavy (non-hydrogen) atoms. The van der Waals surface area contributed by atoms with Gasteiger partial charge < -0.3 is 9.47 Å². The summed E-state index contributed by atoms with van der Waals surface area (Å²) in [7, 11) is 0. The van der Waals surface area contributed by atoms with Gasteiger partial charge in [0.25, 0.3) is 0 Å². The minimum absolute atomic E-state index is 0.289. The predicted molar refractivity (Wildman–Crippen MR) is 95.8 cm³/mol. The van der Waals surface area contributed by atoms with Crippen LogP contribution in [0, 0.1) is 36.5 Å². The molecule has 0 fully saturated rings. The van der Waals surface area contributed by atoms with E-state index in [4.69, 9.17) is 22.3 Å². The summed E-state index contributed by atoms with van der Waals surface area (Å²) in [6.07, 6.45) is 10.4. The lowest BCUT2D eigenvalue weighted by Crippen LogP contribution is -1.97. The van der Waals surface area contributed by atoms with Crippen LogP contribution >= 0.6 is 0 Å². The van der Waals surface area contributed by atoms with E-state index in [1.165, 1.54) is 0 Å². The lowest BCUT2D eigenvalue weighted by molar-refractivity contribution is 0.153. The Morgan fingerprint density at radius 3 is 1.50 bits per heavy atom. The van der Waals surface area contributed by atoms with Crippen LogP contribution in [0.5, 0.6) is 0 Å². The number of hydrogen-bond acceptors (Lipinski definition) is 2. The van der Waals surface area contributed by atoms with E-state index in [9.17, 15) is 0 Å². The van der Waals surface area contributed by atoms with Gasteiger partial charge in [0.2, 0.25) is 0 Å². The van der Waals surface area contributed by atoms with E-state index in [1.807, 2.05) is 48.5 Å². The molecule has 2 aromatic carbocycles. The minimum Gasteiger partial charge on any atom is -0.364 e. The molecule has 0 heterocycles. The molecule has 2 rings (SSSR count). The highest BCUT2D eigenvalue weighted by Gasteiger charge is 2.01. The maximum absolute atomic E-state index is 5.41. The first-order chi connectivity index (χ1) is 11.8. The Kier molecular flexibility index (Phi) is 7.20. The van der Waals surface area contributed by atoms with Crippen LogP contribution in [-0.2, 0) is 22.7 Å². The van der Waals surface area contributed by atoms with Crippen LogP contribution in [0.2, 0.25) is 0 Å². The first kappa shape index (κ1) is 17.4. The molecule has 0 unspecified atom stereocenters. The summed E-state index contributed by atoms with van der Waals surface area (Å²) in [5, 5.41) is 0. The topological polar surface area (TPSA) is 18.5 Å². The highest BCUT2D eigenvalue weighted by Crippen LogP contribution is 2.12. The molecule has 0 aromatic heterocycles. The Balaban J connectivity index is 2.18. The monoisotopic (exact) mass is 314 g/mol. The van der Waals surface area contributed by atoms with Crippen molar-refractivity contribution >= 4 is 0 Å². The third-order valence-corrected chi connectivity index (χ3v) is 3.25. The molecule has 0 aliphatic rings. The fourth-order valence-corrected chi connectivity index (χ4v) is 2.11. The van der Waals surface area contributed by atoms with Gasteiger partial charge in [-0.25, -0.2) is 0 Å². The number of rotatable bonds is 6. The van der Waals surface area contributed by atoms with Crippen molar-refractivity contribution in [3.05, 3.63) is 70.8 Å². The molecule has 0 saturated heterocycles. The van der Waals surface area contributed by atoms with Crippen LogP contribution in [-0.4, -0.2) is 13.2 Å². The average molecular weight is 314 g/mol. The second-order valence-corrected chi connectivity index (χ2v) is 4.96. The van der Waals surface area contributed by atoms with Crippen molar-refractivity contribution in [2.75, 3.05) is 13.2 Å². The normalized spacial score (nSPS) is 9.42. The van der Waals surface area contributed by atoms with Crippen molar-refractivity contribution in [2.24, 2.45) is 0 Å². The van der Waals surface area contributed by atoms with Crippen LogP contribution in [0.25, 0.3) is 0 Å². The fourth-order valence-electron chi connectivity index (χ4n) is 2.11. The average Bonchev–Trinajstić information content (AvgIpc) is 2.62. The van der Waals surface area contributed by atoms with Gasteiger partial charge in [-0.2, -0.15) is 0 Å². The largest absolute Gasteiger partial charge is 0.364 e. The molecular weight excluding hydrogens is 296 g/mol. The predicted octanol–water partition coefficient (Wildman–Crippen LogP) is 3.39. The van der Waals surface area contributed by atoms with E-state index in [0.717, 1.165) is 22.3 Å². The standard InChI is InChI=1S/C22H18O2/c1-3-15-23-17-21-11-7-5-9-19(21)13-14-20-10-6-8-12-22(20)18-24-16-4-2/h1-2,5-12H,15-18H2. The van der Waals surface area contributed by atoms with Crippen molar-refractivity contribution in [1.29, 1.82) is 0 Å². The van der Waals surface area contributed by atoms with Crippen LogP contribution in [0.4, 0.5) is 0 Å². The van der Waals surface area contributed by atoms with Crippen molar-refractivity contribution in [2.45, 2.75) is 13.2 Å². The van der Waals surface area contributed by atoms with Gasteiger partial charge in [0.15, 0.2) is 0 Å². The summed E-state index contributed by atoms with van der Waals surface area (Å²) in [6.45, 7) is 1.47. The van der Waals surface area contributed by atoms with Crippen LogP contribution in [0.15, 0.2) is 48.5 Å². The first-order valence-electron chi connectivity index (χ1n) is 7.55. The summed E-state index contributed by atoms with van der Waals surface area (Å²) in [5.74, 6) is 11.3. The van der Waals surface area contributed by atoms with Gasteiger partial charge in [-0.15, -0.1) is 12.8 Å². The summed E-state index contributed by atoms with van der Waals surface area (Å²) >= 11 is 0. The van der Waals surface area contributed by atoms with Gasteiger partial charge in [-0.05, 0) is 23.3 Å². The number of hydrogen-bond donors (Lipinski definition) is 0. The summed E-state index contributed by atoms with van der Waals surface area (Å²) in [6, 6.07) is 15.7. The Hall–Kier alpha value is -2.96. The molecule has 0 N–H and O–H groups in total. The molecule has 0 amide bonds. The van der Waals surface area contributed by atoms with E-state index >= 15 is 0 Å². The third kappa shape index (κ3) is 5.35. The van der Waals surface area contributed by atoms with E-state index in [2.05, 4.69) is 23.7 Å². The first-order valence-corrected chi connectivity index (χ1v) is 7.55. The van der Waals surface area contributed by atoms with Gasteiger partial charge in [-0.1, -0.05) is 60.1 Å². The Labute approximate surface area is 143 Å². The quantitative estimate of drug-likeness (QED) is 0.601. The van der Waals surface area contributed by atoms with Crippen LogP contribution < -0.4 is 0 Å². The number of ether oxygens (including phenoxy) is 2. The van der Waals surface area contributed by atoms with E-state index in [-0.39, 0.29) is 13.2 Å². The molecular formula is C22H18O2. The molecule has 0 aliphatic heterocycles. The van der Waals surface area contributed by atoms with Gasteiger partial charge >= 0.3 is 0 Å². The number of benzene rings is 2. The van der Waals surface area contributed by atoms with Gasteiger partial charge in [-0.3, -0.25) is 0 Å². The van der Waals surface area contributed by atoms with Gasteiger partial charge in [0, 0.05) is 11.1 Å². The summed E-state index contributed by atoms with van der Waals surface area (Å²) in [4.78, 5) is 0. The minimum atomic E-state index is 0.289. The second kappa shape index (κ2) is 9.94. The highest BCUT2D eigenvalue weighted by molar-refractivity contribution is 5.48. The molecule has 2 nitrogen and oxygen atoms in total. The lowest BCUT2D eigenvalue weighted by Gasteiger charge is -2.05. The molecule has 0 spiro atoms. The zero-order valence-corrected chi connectivity index (χ0v) is 13.4. The molecule has 0 saturated carbocycles. The Morgan fingerprint density at radius 1 is 0.667 bits per heavy atom. The van der Waals surface area contributed by atoms with Crippen molar-refractivity contribution in [1.82, 2.24) is 0 Å². The smallest absolute Gasteiger partial charge is 0.107 e. The Bertz CT molecular complexity index is 743. The Morgan fingerprint density at radius 2 is 1.08 bits per heavy atom. The molecule has 0 radical (unpaired) electrons. The third-order valence-electron chi connectivity index (χ3n) is 3.25. The second-order valence-electron chi connectivity index (χ2n) is 4.96. The van der Waals surface area contributed by atoms with E-state index in [1.54, 1.807) is 0 Å². The van der Waals surface area contributed by atoms with Crippen molar-refractivity contribution < 1.29 is 9.47 Å². The summed E-state index contributed by atoms with van der Waals surface area (Å²) < 4.78 is 10.8. The van der Waals surface area contributed by atoms with E-state index < -0.39 is 0 Å². The zero-order valence-electron chi connectivity index (χ0n) is 13.4. The zero-order chi connectivity index (χ0) is 17.0. The number of terminal acetylenes is 2. The van der Waals surface area contributed by atoms with Gasteiger partial charge in [0.1, 0.15) is 13.2 Å². The summed E-state index contributed by atoms with van der Waals surface area (Å²) in [5.41, 5.74) is 3.88. The van der Waals surface area contributed by atoms with E-state index in [0.29, 0.717) is 13.2 Å². The fraction of sp³-hybridized carbons (Fsp3) is 0.182. The molecule has 0 aliphatic carbocycles. The molecule has 2 heteroatoms. The molecule has 0 atom stereocenters. The maximum Gasteiger partial charge on any atom is 0.107 e.